The smallest absolute Gasteiger partial charge is 0.107 e. The summed E-state index contributed by atoms with van der Waals surface area (Å²) >= 11 is 2.38. The van der Waals surface area contributed by atoms with Crippen molar-refractivity contribution in [3.05, 3.63) is 71.9 Å². The van der Waals surface area contributed by atoms with Gasteiger partial charge in [-0.1, -0.05) is 45.0 Å². The van der Waals surface area contributed by atoms with E-state index in [1.165, 1.54) is 28.1 Å². The van der Waals surface area contributed by atoms with Gasteiger partial charge in [-0.15, -0.1) is 0 Å². The molecular formula is C29H26N8S2. The highest BCUT2D eigenvalue weighted by Gasteiger charge is 2.20. The third-order valence-corrected chi connectivity index (χ3v) is 7.73. The topological polar surface area (TPSA) is 129 Å². The van der Waals surface area contributed by atoms with Gasteiger partial charge in [0, 0.05) is 5.56 Å². The molecule has 0 aliphatic heterocycles. The summed E-state index contributed by atoms with van der Waals surface area (Å²) in [6, 6.07) is 20.5. The molecule has 4 aromatic carbocycles. The van der Waals surface area contributed by atoms with Gasteiger partial charge in [-0.3, -0.25) is 0 Å². The molecule has 7 rings (SSSR count). The number of fused-ring (bicyclic) bond motifs is 4. The van der Waals surface area contributed by atoms with Gasteiger partial charge < -0.3 is 11.5 Å². The summed E-state index contributed by atoms with van der Waals surface area (Å²) in [5, 5.41) is 2.52. The molecule has 0 saturated carbocycles. The van der Waals surface area contributed by atoms with Gasteiger partial charge in [0.1, 0.15) is 22.1 Å². The maximum atomic E-state index is 5.56. The standard InChI is InChI=1S/C23H20N4S.C6H6N4S/c1-13-22(25-19-12-21-20(26-28-27-21)11-18(19)24-13)15-9-14-7-5-6-8-16(14)17(10-15)23(2,3)4;7-3-1-5-6(2-4(3)8)10-11-9-5/h5-12H,1-4H3;1-2H,7-8H2. The molecule has 0 amide bonds. The maximum Gasteiger partial charge on any atom is 0.107 e. The highest BCUT2D eigenvalue weighted by Crippen LogP contribution is 2.35. The van der Waals surface area contributed by atoms with Gasteiger partial charge in [0.15, 0.2) is 0 Å². The molecule has 0 fully saturated rings. The molecule has 10 heteroatoms. The first-order valence-electron chi connectivity index (χ1n) is 12.4. The number of nitrogens with two attached hydrogens (primary N) is 2. The van der Waals surface area contributed by atoms with Crippen molar-refractivity contribution in [2.75, 3.05) is 11.5 Å². The van der Waals surface area contributed by atoms with Crippen LogP contribution < -0.4 is 11.5 Å². The molecule has 3 heterocycles. The summed E-state index contributed by atoms with van der Waals surface area (Å²) in [4.78, 5) is 9.81. The maximum absolute atomic E-state index is 5.56. The second-order valence-electron chi connectivity index (χ2n) is 10.5. The van der Waals surface area contributed by atoms with E-state index < -0.39 is 0 Å². The van der Waals surface area contributed by atoms with E-state index >= 15 is 0 Å². The molecule has 0 spiro atoms. The summed E-state index contributed by atoms with van der Waals surface area (Å²) in [7, 11) is 0. The molecule has 0 unspecified atom stereocenters. The highest BCUT2D eigenvalue weighted by atomic mass is 32.1. The molecule has 8 nitrogen and oxygen atoms in total. The number of hydrogen-bond donors (Lipinski definition) is 2. The third kappa shape index (κ3) is 4.73. The van der Waals surface area contributed by atoms with Crippen LogP contribution in [0.5, 0.6) is 0 Å². The molecule has 39 heavy (non-hydrogen) atoms. The van der Waals surface area contributed by atoms with Gasteiger partial charge in [-0.25, -0.2) is 9.97 Å². The molecule has 0 radical (unpaired) electrons. The minimum Gasteiger partial charge on any atom is -0.397 e. The van der Waals surface area contributed by atoms with E-state index in [0.717, 1.165) is 61.8 Å². The lowest BCUT2D eigenvalue weighted by Gasteiger charge is -2.23. The van der Waals surface area contributed by atoms with Gasteiger partial charge in [0.25, 0.3) is 0 Å². The predicted molar refractivity (Wildman–Crippen MR) is 163 cm³/mol. The van der Waals surface area contributed by atoms with Crippen molar-refractivity contribution in [3.8, 4) is 11.3 Å². The lowest BCUT2D eigenvalue weighted by molar-refractivity contribution is 0.596. The normalized spacial score (nSPS) is 11.8. The molecule has 194 valence electrons. The zero-order valence-corrected chi connectivity index (χ0v) is 23.6. The fourth-order valence-corrected chi connectivity index (χ4v) is 5.65. The Morgan fingerprint density at radius 1 is 0.641 bits per heavy atom. The zero-order valence-electron chi connectivity index (χ0n) is 21.9. The van der Waals surface area contributed by atoms with Crippen LogP contribution in [0.3, 0.4) is 0 Å². The van der Waals surface area contributed by atoms with E-state index in [4.69, 9.17) is 21.4 Å². The van der Waals surface area contributed by atoms with Crippen LogP contribution in [0.2, 0.25) is 0 Å². The molecule has 0 aliphatic carbocycles. The van der Waals surface area contributed by atoms with E-state index in [1.54, 1.807) is 12.1 Å². The van der Waals surface area contributed by atoms with Crippen LogP contribution in [0.15, 0.2) is 60.7 Å². The molecule has 7 aromatic rings. The quantitative estimate of drug-likeness (QED) is 0.211. The fourth-order valence-electron chi connectivity index (χ4n) is 4.63. The van der Waals surface area contributed by atoms with E-state index in [2.05, 4.69) is 74.7 Å². The van der Waals surface area contributed by atoms with Crippen molar-refractivity contribution < 1.29 is 0 Å². The number of anilines is 2. The van der Waals surface area contributed by atoms with Crippen LogP contribution in [0.1, 0.15) is 32.0 Å². The van der Waals surface area contributed by atoms with Crippen molar-refractivity contribution in [2.45, 2.75) is 33.1 Å². The fraction of sp³-hybridized carbons (Fsp3) is 0.172. The van der Waals surface area contributed by atoms with Gasteiger partial charge in [0.05, 0.1) is 57.3 Å². The Kier molecular flexibility index (Phi) is 6.08. The van der Waals surface area contributed by atoms with Crippen LogP contribution in [0, 0.1) is 6.92 Å². The van der Waals surface area contributed by atoms with Crippen molar-refractivity contribution in [3.63, 3.8) is 0 Å². The largest absolute Gasteiger partial charge is 0.397 e. The predicted octanol–water partition coefficient (Wildman–Crippen LogP) is 6.92. The van der Waals surface area contributed by atoms with E-state index in [0.29, 0.717) is 11.4 Å². The van der Waals surface area contributed by atoms with Gasteiger partial charge in [-0.2, -0.15) is 17.5 Å². The summed E-state index contributed by atoms with van der Waals surface area (Å²) in [6.45, 7) is 8.79. The lowest BCUT2D eigenvalue weighted by Crippen LogP contribution is -2.12. The summed E-state index contributed by atoms with van der Waals surface area (Å²) in [5.74, 6) is 0. The number of benzene rings is 4. The SMILES string of the molecule is Cc1nc2cc3nsnc3cc2nc1-c1cc(C(C)(C)C)c2ccccc2c1.Nc1cc2nsnc2cc1N. The Bertz CT molecular complexity index is 1970. The number of hydrogen-bond acceptors (Lipinski definition) is 10. The molecular weight excluding hydrogens is 525 g/mol. The average molecular weight is 551 g/mol. The number of aryl methyl sites for hydroxylation is 1. The van der Waals surface area contributed by atoms with Crippen LogP contribution in [-0.4, -0.2) is 27.5 Å². The van der Waals surface area contributed by atoms with Crippen molar-refractivity contribution in [2.24, 2.45) is 0 Å². The summed E-state index contributed by atoms with van der Waals surface area (Å²) < 4.78 is 16.7. The first kappa shape index (κ1) is 25.0. The van der Waals surface area contributed by atoms with Crippen molar-refractivity contribution >= 4 is 78.7 Å². The minimum absolute atomic E-state index is 0.0340. The van der Waals surface area contributed by atoms with Crippen molar-refractivity contribution in [1.82, 2.24) is 27.5 Å². The summed E-state index contributed by atoms with van der Waals surface area (Å²) in [6.07, 6.45) is 0. The molecule has 0 saturated heterocycles. The summed E-state index contributed by atoms with van der Waals surface area (Å²) in [5.41, 5.74) is 21.6. The Morgan fingerprint density at radius 3 is 1.77 bits per heavy atom. The highest BCUT2D eigenvalue weighted by molar-refractivity contribution is 7.00. The molecule has 0 atom stereocenters. The first-order valence-corrected chi connectivity index (χ1v) is 13.8. The van der Waals surface area contributed by atoms with E-state index in [1.807, 2.05) is 19.1 Å². The molecule has 0 bridgehead atoms. The number of nitrogen functional groups attached to an aromatic ring is 2. The van der Waals surface area contributed by atoms with Crippen molar-refractivity contribution in [1.29, 1.82) is 0 Å². The third-order valence-electron chi connectivity index (χ3n) is 6.62. The molecule has 3 aromatic heterocycles. The Hall–Kier alpha value is -4.28. The monoisotopic (exact) mass is 550 g/mol. The second-order valence-corrected chi connectivity index (χ2v) is 11.5. The van der Waals surface area contributed by atoms with Gasteiger partial charge in [-0.05, 0) is 65.1 Å². The minimum atomic E-state index is 0.0340. The Morgan fingerprint density at radius 2 is 1.18 bits per heavy atom. The number of rotatable bonds is 1. The van der Waals surface area contributed by atoms with Gasteiger partial charge in [0.2, 0.25) is 0 Å². The lowest BCUT2D eigenvalue weighted by atomic mass is 9.82. The van der Waals surface area contributed by atoms with Crippen LogP contribution in [0.25, 0.3) is 55.1 Å². The first-order chi connectivity index (χ1) is 18.7. The van der Waals surface area contributed by atoms with E-state index in [9.17, 15) is 0 Å². The molecule has 0 aliphatic rings. The second kappa shape index (κ2) is 9.48. The zero-order chi connectivity index (χ0) is 27.3. The average Bonchev–Trinajstić information content (AvgIpc) is 3.55. The Labute approximate surface area is 233 Å². The van der Waals surface area contributed by atoms with Crippen LogP contribution in [-0.2, 0) is 5.41 Å². The van der Waals surface area contributed by atoms with Crippen LogP contribution >= 0.6 is 23.5 Å². The number of nitrogens with zero attached hydrogens (tertiary/aromatic N) is 6. The van der Waals surface area contributed by atoms with Crippen LogP contribution in [0.4, 0.5) is 11.4 Å². The van der Waals surface area contributed by atoms with E-state index in [-0.39, 0.29) is 5.41 Å². The number of aromatic nitrogens is 6. The molecule has 4 N–H and O–H groups in total. The van der Waals surface area contributed by atoms with Gasteiger partial charge >= 0.3 is 0 Å². The Balaban J connectivity index is 0.000000210.